The normalized spacial score (nSPS) is 30.1. The molecule has 3 rings (SSSR count). The van der Waals surface area contributed by atoms with Crippen molar-refractivity contribution in [2.75, 3.05) is 18.0 Å². The largest absolute Gasteiger partial charge is 0.389 e. The van der Waals surface area contributed by atoms with Crippen molar-refractivity contribution in [2.45, 2.75) is 51.2 Å². The van der Waals surface area contributed by atoms with Gasteiger partial charge in [0.05, 0.1) is 5.60 Å². The third-order valence-electron chi connectivity index (χ3n) is 4.99. The van der Waals surface area contributed by atoms with Crippen LogP contribution in [0, 0.1) is 12.8 Å². The number of anilines is 1. The van der Waals surface area contributed by atoms with E-state index < -0.39 is 5.60 Å². The molecule has 2 aliphatic rings. The molecule has 0 aromatic carbocycles. The van der Waals surface area contributed by atoms with Crippen LogP contribution >= 0.6 is 0 Å². The zero-order chi connectivity index (χ0) is 14.2. The van der Waals surface area contributed by atoms with E-state index >= 15 is 0 Å². The average Bonchev–Trinajstić information content (AvgIpc) is 2.45. The van der Waals surface area contributed by atoms with Crippen molar-refractivity contribution in [2.24, 2.45) is 11.7 Å². The van der Waals surface area contributed by atoms with Crippen LogP contribution in [0.5, 0.6) is 0 Å². The van der Waals surface area contributed by atoms with E-state index in [9.17, 15) is 5.11 Å². The fourth-order valence-electron chi connectivity index (χ4n) is 3.78. The number of aliphatic hydroxyl groups is 1. The second-order valence-electron chi connectivity index (χ2n) is 6.42. The van der Waals surface area contributed by atoms with E-state index in [2.05, 4.69) is 16.0 Å². The lowest BCUT2D eigenvalue weighted by molar-refractivity contribution is -0.0613. The van der Waals surface area contributed by atoms with Crippen LogP contribution in [0.3, 0.4) is 0 Å². The first-order valence-electron chi connectivity index (χ1n) is 7.76. The summed E-state index contributed by atoms with van der Waals surface area (Å²) in [5.74, 6) is 1.42. The molecule has 1 saturated carbocycles. The summed E-state index contributed by atoms with van der Waals surface area (Å²) in [6, 6.07) is 4.14. The third-order valence-corrected chi connectivity index (χ3v) is 4.99. The number of nitrogens with zero attached hydrogens (tertiary/aromatic N) is 2. The first-order chi connectivity index (χ1) is 9.60. The molecule has 3 N–H and O–H groups in total. The molecule has 110 valence electrons. The van der Waals surface area contributed by atoms with Gasteiger partial charge in [0.25, 0.3) is 0 Å². The maximum Gasteiger partial charge on any atom is 0.129 e. The Balaban J connectivity index is 1.80. The van der Waals surface area contributed by atoms with Crippen molar-refractivity contribution in [1.82, 2.24) is 4.98 Å². The second-order valence-corrected chi connectivity index (χ2v) is 6.42. The number of aryl methyl sites for hydroxylation is 1. The van der Waals surface area contributed by atoms with E-state index in [0.29, 0.717) is 12.5 Å². The quantitative estimate of drug-likeness (QED) is 0.866. The van der Waals surface area contributed by atoms with Crippen molar-refractivity contribution >= 4 is 5.82 Å². The first-order valence-corrected chi connectivity index (χ1v) is 7.76. The predicted molar refractivity (Wildman–Crippen MR) is 80.6 cm³/mol. The zero-order valence-corrected chi connectivity index (χ0v) is 12.3. The van der Waals surface area contributed by atoms with Gasteiger partial charge in [-0.2, -0.15) is 0 Å². The number of piperidine rings is 1. The second kappa shape index (κ2) is 5.34. The monoisotopic (exact) mass is 275 g/mol. The Morgan fingerprint density at radius 1 is 1.40 bits per heavy atom. The van der Waals surface area contributed by atoms with Gasteiger partial charge in [0.2, 0.25) is 0 Å². The highest BCUT2D eigenvalue weighted by Gasteiger charge is 2.42. The van der Waals surface area contributed by atoms with E-state index in [1.807, 2.05) is 13.0 Å². The summed E-state index contributed by atoms with van der Waals surface area (Å²) in [5, 5.41) is 10.7. The molecule has 4 heteroatoms. The van der Waals surface area contributed by atoms with Crippen molar-refractivity contribution in [1.29, 1.82) is 0 Å². The topological polar surface area (TPSA) is 62.4 Å². The van der Waals surface area contributed by atoms with Crippen LogP contribution in [-0.2, 0) is 6.54 Å². The molecular weight excluding hydrogens is 250 g/mol. The standard InChI is InChI=1S/C16H25N3O/c1-12-8-13(10-17)9-15(18-12)19-7-6-16(20)5-3-2-4-14(16)11-19/h8-9,14,20H,2-7,10-11,17H2,1H3. The van der Waals surface area contributed by atoms with Crippen molar-refractivity contribution in [3.63, 3.8) is 0 Å². The maximum absolute atomic E-state index is 10.7. The average molecular weight is 275 g/mol. The van der Waals surface area contributed by atoms with Gasteiger partial charge in [0.15, 0.2) is 0 Å². The molecule has 1 aliphatic carbocycles. The maximum atomic E-state index is 10.7. The summed E-state index contributed by atoms with van der Waals surface area (Å²) in [6.07, 6.45) is 5.40. The van der Waals surface area contributed by atoms with E-state index in [0.717, 1.165) is 49.4 Å². The number of hydrogen-bond donors (Lipinski definition) is 2. The highest BCUT2D eigenvalue weighted by Crippen LogP contribution is 2.40. The lowest BCUT2D eigenvalue weighted by Gasteiger charge is -2.47. The molecule has 4 nitrogen and oxygen atoms in total. The molecular formula is C16H25N3O. The smallest absolute Gasteiger partial charge is 0.129 e. The van der Waals surface area contributed by atoms with Gasteiger partial charge in [-0.25, -0.2) is 4.98 Å². The summed E-state index contributed by atoms with van der Waals surface area (Å²) in [6.45, 7) is 4.39. The zero-order valence-electron chi connectivity index (χ0n) is 12.3. The van der Waals surface area contributed by atoms with Crippen LogP contribution < -0.4 is 10.6 Å². The lowest BCUT2D eigenvalue weighted by Crippen LogP contribution is -2.53. The van der Waals surface area contributed by atoms with Crippen LogP contribution in [-0.4, -0.2) is 28.8 Å². The van der Waals surface area contributed by atoms with Gasteiger partial charge in [0.1, 0.15) is 5.82 Å². The van der Waals surface area contributed by atoms with Crippen LogP contribution in [0.4, 0.5) is 5.82 Å². The van der Waals surface area contributed by atoms with Crippen LogP contribution in [0.15, 0.2) is 12.1 Å². The van der Waals surface area contributed by atoms with Gasteiger partial charge in [-0.15, -0.1) is 0 Å². The molecule has 20 heavy (non-hydrogen) atoms. The molecule has 1 aromatic heterocycles. The van der Waals surface area contributed by atoms with E-state index in [4.69, 9.17) is 5.73 Å². The predicted octanol–water partition coefficient (Wildman–Crippen LogP) is 1.98. The Bertz CT molecular complexity index is 491. The molecule has 1 aliphatic heterocycles. The molecule has 1 saturated heterocycles. The molecule has 2 heterocycles. The number of nitrogens with two attached hydrogens (primary N) is 1. The van der Waals surface area contributed by atoms with Gasteiger partial charge in [-0.1, -0.05) is 12.8 Å². The minimum absolute atomic E-state index is 0.397. The fraction of sp³-hybridized carbons (Fsp3) is 0.688. The summed E-state index contributed by atoms with van der Waals surface area (Å²) in [7, 11) is 0. The minimum Gasteiger partial charge on any atom is -0.389 e. The van der Waals surface area contributed by atoms with Crippen molar-refractivity contribution in [3.05, 3.63) is 23.4 Å². The Hall–Kier alpha value is -1.13. The first kappa shape index (κ1) is 13.8. The molecule has 2 fully saturated rings. The van der Waals surface area contributed by atoms with E-state index in [-0.39, 0.29) is 0 Å². The van der Waals surface area contributed by atoms with Crippen LogP contribution in [0.1, 0.15) is 43.4 Å². The molecule has 0 radical (unpaired) electrons. The molecule has 0 bridgehead atoms. The van der Waals surface area contributed by atoms with Gasteiger partial charge < -0.3 is 15.7 Å². The summed E-state index contributed by atoms with van der Waals surface area (Å²) in [5.41, 5.74) is 7.49. The van der Waals surface area contributed by atoms with E-state index in [1.54, 1.807) is 0 Å². The molecule has 0 amide bonds. The highest BCUT2D eigenvalue weighted by atomic mass is 16.3. The molecule has 2 unspecified atom stereocenters. The Labute approximate surface area is 121 Å². The minimum atomic E-state index is -0.421. The van der Waals surface area contributed by atoms with Gasteiger partial charge in [-0.05, 0) is 43.9 Å². The van der Waals surface area contributed by atoms with Gasteiger partial charge >= 0.3 is 0 Å². The number of aromatic nitrogens is 1. The van der Waals surface area contributed by atoms with E-state index in [1.165, 1.54) is 12.8 Å². The van der Waals surface area contributed by atoms with Gasteiger partial charge in [-0.3, -0.25) is 0 Å². The highest BCUT2D eigenvalue weighted by molar-refractivity contribution is 5.43. The molecule has 0 spiro atoms. The summed E-state index contributed by atoms with van der Waals surface area (Å²) < 4.78 is 0. The number of pyridine rings is 1. The lowest BCUT2D eigenvalue weighted by atomic mass is 9.71. The van der Waals surface area contributed by atoms with Crippen LogP contribution in [0.25, 0.3) is 0 Å². The Morgan fingerprint density at radius 2 is 2.25 bits per heavy atom. The fourth-order valence-corrected chi connectivity index (χ4v) is 3.78. The molecule has 1 aromatic rings. The van der Waals surface area contributed by atoms with Crippen LogP contribution in [0.2, 0.25) is 0 Å². The van der Waals surface area contributed by atoms with Crippen molar-refractivity contribution < 1.29 is 5.11 Å². The molecule has 2 atom stereocenters. The SMILES string of the molecule is Cc1cc(CN)cc(N2CCC3(O)CCCCC3C2)n1. The third kappa shape index (κ3) is 2.54. The Kier molecular flexibility index (Phi) is 3.69. The summed E-state index contributed by atoms with van der Waals surface area (Å²) >= 11 is 0. The number of rotatable bonds is 2. The number of fused-ring (bicyclic) bond motifs is 1. The van der Waals surface area contributed by atoms with Gasteiger partial charge in [0, 0.05) is 31.2 Å². The number of hydrogen-bond acceptors (Lipinski definition) is 4. The Morgan fingerprint density at radius 3 is 3.05 bits per heavy atom. The van der Waals surface area contributed by atoms with Crippen molar-refractivity contribution in [3.8, 4) is 0 Å². The summed E-state index contributed by atoms with van der Waals surface area (Å²) in [4.78, 5) is 6.98.